The van der Waals surface area contributed by atoms with Gasteiger partial charge in [-0.3, -0.25) is 4.79 Å². The fourth-order valence-electron chi connectivity index (χ4n) is 2.62. The number of nitriles is 1. The van der Waals surface area contributed by atoms with Crippen LogP contribution < -0.4 is 0 Å². The molecule has 3 nitrogen and oxygen atoms in total. The van der Waals surface area contributed by atoms with E-state index in [1.54, 1.807) is 4.90 Å². The Morgan fingerprint density at radius 1 is 1.27 bits per heavy atom. The minimum absolute atomic E-state index is 0.0651. The zero-order chi connectivity index (χ0) is 20.3. The summed E-state index contributed by atoms with van der Waals surface area (Å²) in [6.07, 6.45) is 10.3. The molecule has 1 atom stereocenters. The number of allylic oxidation sites excluding steroid dienone is 3. The van der Waals surface area contributed by atoms with Gasteiger partial charge in [-0.2, -0.15) is 5.26 Å². The minimum atomic E-state index is -0.109. The van der Waals surface area contributed by atoms with Crippen molar-refractivity contribution in [2.24, 2.45) is 5.41 Å². The molecule has 0 radical (unpaired) electrons. The van der Waals surface area contributed by atoms with Gasteiger partial charge in [0.15, 0.2) is 0 Å². The molecule has 1 fully saturated rings. The Labute approximate surface area is 160 Å². The van der Waals surface area contributed by atoms with Crippen LogP contribution >= 0.6 is 0 Å². The van der Waals surface area contributed by atoms with Crippen LogP contribution in [-0.4, -0.2) is 23.4 Å². The molecule has 0 aromatic rings. The maximum absolute atomic E-state index is 12.4. The number of carbonyl (C=O) groups is 1. The molecule has 2 rings (SSSR count). The molecule has 1 saturated carbocycles. The van der Waals surface area contributed by atoms with Crippen LogP contribution in [0.25, 0.3) is 0 Å². The molecule has 3 heteroatoms. The average Bonchev–Trinajstić information content (AvgIpc) is 2.60. The van der Waals surface area contributed by atoms with Crippen molar-refractivity contribution in [3.8, 4) is 6.07 Å². The number of amides is 1. The Balaban J connectivity index is 0.000000667. The van der Waals surface area contributed by atoms with Gasteiger partial charge in [0, 0.05) is 12.6 Å². The van der Waals surface area contributed by atoms with E-state index in [4.69, 9.17) is 0 Å². The van der Waals surface area contributed by atoms with E-state index in [1.165, 1.54) is 6.42 Å². The molecule has 0 spiro atoms. The third kappa shape index (κ3) is 7.44. The summed E-state index contributed by atoms with van der Waals surface area (Å²) >= 11 is 0. The molecule has 0 aromatic heterocycles. The van der Waals surface area contributed by atoms with Crippen LogP contribution in [0.5, 0.6) is 0 Å². The molecule has 0 N–H and O–H groups in total. The fourth-order valence-corrected chi connectivity index (χ4v) is 2.62. The van der Waals surface area contributed by atoms with Crippen molar-refractivity contribution in [3.05, 3.63) is 48.1 Å². The third-order valence-corrected chi connectivity index (χ3v) is 4.77. The van der Waals surface area contributed by atoms with Crippen LogP contribution in [0.4, 0.5) is 0 Å². The molecular formula is C23H36N2O. The molecule has 1 aliphatic heterocycles. The molecule has 1 heterocycles. The lowest BCUT2D eigenvalue weighted by molar-refractivity contribution is -0.128. The molecule has 26 heavy (non-hydrogen) atoms. The smallest absolute Gasteiger partial charge is 0.264 e. The second-order valence-corrected chi connectivity index (χ2v) is 7.19. The van der Waals surface area contributed by atoms with E-state index >= 15 is 0 Å². The van der Waals surface area contributed by atoms with E-state index in [1.807, 2.05) is 46.8 Å². The van der Waals surface area contributed by atoms with Gasteiger partial charge in [-0.25, -0.2) is 0 Å². The first-order chi connectivity index (χ1) is 12.2. The predicted octanol–water partition coefficient (Wildman–Crippen LogP) is 5.97. The Kier molecular flexibility index (Phi) is 10.6. The first-order valence-corrected chi connectivity index (χ1v) is 9.62. The lowest BCUT2D eigenvalue weighted by Gasteiger charge is -2.36. The van der Waals surface area contributed by atoms with Gasteiger partial charge in [0.2, 0.25) is 0 Å². The highest BCUT2D eigenvalue weighted by Crippen LogP contribution is 2.42. The van der Waals surface area contributed by atoms with Crippen LogP contribution in [-0.2, 0) is 4.79 Å². The number of carbonyl (C=O) groups excluding carboxylic acids is 1. The SMILES string of the molecule is C=C(C)C(=C)C.CC.CC1C=CCCN1C(=O)/C(C#N)=C\C1(C)CCC1. The molecule has 144 valence electrons. The van der Waals surface area contributed by atoms with Crippen LogP contribution in [0.1, 0.15) is 67.2 Å². The second-order valence-electron chi connectivity index (χ2n) is 7.19. The lowest BCUT2D eigenvalue weighted by Crippen LogP contribution is -2.41. The van der Waals surface area contributed by atoms with Crippen molar-refractivity contribution >= 4 is 5.91 Å². The topological polar surface area (TPSA) is 44.1 Å². The normalized spacial score (nSPS) is 20.3. The number of nitrogens with zero attached hydrogens (tertiary/aromatic N) is 2. The summed E-state index contributed by atoms with van der Waals surface area (Å²) in [6, 6.07) is 2.18. The monoisotopic (exact) mass is 356 g/mol. The highest BCUT2D eigenvalue weighted by Gasteiger charge is 2.32. The van der Waals surface area contributed by atoms with Crippen LogP contribution in [0, 0.1) is 16.7 Å². The van der Waals surface area contributed by atoms with Crippen LogP contribution in [0.2, 0.25) is 0 Å². The fraction of sp³-hybridized carbons (Fsp3) is 0.565. The van der Waals surface area contributed by atoms with Crippen molar-refractivity contribution in [3.63, 3.8) is 0 Å². The third-order valence-electron chi connectivity index (χ3n) is 4.77. The Hall–Kier alpha value is -2.08. The predicted molar refractivity (Wildman–Crippen MR) is 112 cm³/mol. The molecule has 1 amide bonds. The number of hydrogen-bond acceptors (Lipinski definition) is 2. The first kappa shape index (κ1) is 23.9. The summed E-state index contributed by atoms with van der Waals surface area (Å²) < 4.78 is 0. The Bertz CT molecular complexity index is 588. The standard InChI is InChI=1S/C15H20N2O.C6H10.C2H6/c1-12-6-3-4-9-17(12)14(18)13(11-16)10-15(2)7-5-8-15;1-5(2)6(3)4;1-2/h3,6,10,12H,4-5,7-9H2,1-2H3;1,3H2,2,4H3;1-2H3/b13-10-;;. The van der Waals surface area contributed by atoms with Gasteiger partial charge < -0.3 is 4.90 Å². The lowest BCUT2D eigenvalue weighted by atomic mass is 9.69. The summed E-state index contributed by atoms with van der Waals surface area (Å²) in [5.41, 5.74) is 2.51. The van der Waals surface area contributed by atoms with Crippen LogP contribution in [0.15, 0.2) is 48.1 Å². The van der Waals surface area contributed by atoms with Crippen molar-refractivity contribution in [1.82, 2.24) is 4.90 Å². The maximum atomic E-state index is 12.4. The van der Waals surface area contributed by atoms with E-state index in [0.717, 1.165) is 30.4 Å². The quantitative estimate of drug-likeness (QED) is 0.271. The van der Waals surface area contributed by atoms with E-state index in [9.17, 15) is 10.1 Å². The minimum Gasteiger partial charge on any atom is -0.332 e. The second kappa shape index (κ2) is 11.5. The van der Waals surface area contributed by atoms with Crippen molar-refractivity contribution < 1.29 is 4.79 Å². The summed E-state index contributed by atoms with van der Waals surface area (Å²) in [7, 11) is 0. The first-order valence-electron chi connectivity index (χ1n) is 9.62. The number of rotatable bonds is 3. The number of hydrogen-bond donors (Lipinski definition) is 0. The summed E-state index contributed by atoms with van der Waals surface area (Å²) in [4.78, 5) is 14.1. The largest absolute Gasteiger partial charge is 0.332 e. The highest BCUT2D eigenvalue weighted by molar-refractivity contribution is 5.97. The van der Waals surface area contributed by atoms with E-state index in [2.05, 4.69) is 32.2 Å². The molecule has 2 aliphatic rings. The Morgan fingerprint density at radius 2 is 1.81 bits per heavy atom. The van der Waals surface area contributed by atoms with E-state index in [0.29, 0.717) is 12.1 Å². The molecule has 1 unspecified atom stereocenters. The zero-order valence-electron chi connectivity index (χ0n) is 17.6. The molecule has 0 bridgehead atoms. The molecule has 0 saturated heterocycles. The van der Waals surface area contributed by atoms with Crippen molar-refractivity contribution in [2.75, 3.05) is 6.54 Å². The molecular weight excluding hydrogens is 320 g/mol. The van der Waals surface area contributed by atoms with Gasteiger partial charge in [-0.05, 0) is 45.4 Å². The van der Waals surface area contributed by atoms with E-state index in [-0.39, 0.29) is 17.4 Å². The molecule has 0 aromatic carbocycles. The van der Waals surface area contributed by atoms with Gasteiger partial charge in [0.25, 0.3) is 5.91 Å². The van der Waals surface area contributed by atoms with Crippen molar-refractivity contribution in [1.29, 1.82) is 5.26 Å². The van der Waals surface area contributed by atoms with Crippen molar-refractivity contribution in [2.45, 2.75) is 73.3 Å². The summed E-state index contributed by atoms with van der Waals surface area (Å²) in [5, 5.41) is 9.21. The van der Waals surface area contributed by atoms with Gasteiger partial charge >= 0.3 is 0 Å². The van der Waals surface area contributed by atoms with Crippen LogP contribution in [0.3, 0.4) is 0 Å². The Morgan fingerprint density at radius 3 is 2.15 bits per heavy atom. The van der Waals surface area contributed by atoms with E-state index < -0.39 is 0 Å². The average molecular weight is 357 g/mol. The highest BCUT2D eigenvalue weighted by atomic mass is 16.2. The van der Waals surface area contributed by atoms with Gasteiger partial charge in [0.05, 0.1) is 0 Å². The summed E-state index contributed by atoms with van der Waals surface area (Å²) in [5.74, 6) is -0.109. The zero-order valence-corrected chi connectivity index (χ0v) is 17.6. The van der Waals surface area contributed by atoms with Gasteiger partial charge in [0.1, 0.15) is 11.6 Å². The maximum Gasteiger partial charge on any atom is 0.264 e. The van der Waals surface area contributed by atoms with Gasteiger partial charge in [-0.15, -0.1) is 0 Å². The molecule has 1 aliphatic carbocycles. The summed E-state index contributed by atoms with van der Waals surface area (Å²) in [6.45, 7) is 20.0. The van der Waals surface area contributed by atoms with Gasteiger partial charge in [-0.1, -0.05) is 69.7 Å².